The molecule has 3 aromatic carbocycles. The van der Waals surface area contributed by atoms with Crippen LogP contribution in [-0.4, -0.2) is 5.91 Å². The van der Waals surface area contributed by atoms with Gasteiger partial charge in [-0.25, -0.2) is 0 Å². The summed E-state index contributed by atoms with van der Waals surface area (Å²) >= 11 is 0. The fraction of sp³-hybridized carbons (Fsp3) is 0.269. The predicted octanol–water partition coefficient (Wildman–Crippen LogP) is 5.71. The summed E-state index contributed by atoms with van der Waals surface area (Å²) < 4.78 is 0. The van der Waals surface area contributed by atoms with E-state index < -0.39 is 5.41 Å². The molecular weight excluding hydrogens is 342 g/mol. The molecule has 0 spiro atoms. The Morgan fingerprint density at radius 3 is 2.04 bits per heavy atom. The van der Waals surface area contributed by atoms with E-state index in [2.05, 4.69) is 48.6 Å². The lowest BCUT2D eigenvalue weighted by atomic mass is 9.77. The highest BCUT2D eigenvalue weighted by Gasteiger charge is 2.43. The zero-order valence-corrected chi connectivity index (χ0v) is 16.4. The van der Waals surface area contributed by atoms with Gasteiger partial charge in [0.15, 0.2) is 0 Å². The Balaban J connectivity index is 1.72. The molecule has 1 atom stereocenters. The zero-order chi connectivity index (χ0) is 19.4. The molecule has 4 rings (SSSR count). The molecule has 1 fully saturated rings. The number of benzene rings is 3. The lowest BCUT2D eigenvalue weighted by Crippen LogP contribution is -2.44. The monoisotopic (exact) mass is 369 g/mol. The van der Waals surface area contributed by atoms with Crippen LogP contribution >= 0.6 is 0 Å². The fourth-order valence-electron chi connectivity index (χ4n) is 4.55. The number of carbonyl (C=O) groups is 1. The van der Waals surface area contributed by atoms with Crippen molar-refractivity contribution in [1.82, 2.24) is 5.32 Å². The van der Waals surface area contributed by atoms with Gasteiger partial charge in [0.05, 0.1) is 11.5 Å². The smallest absolute Gasteiger partial charge is 0.231 e. The molecule has 1 saturated carbocycles. The maximum atomic E-state index is 13.7. The molecule has 1 unspecified atom stereocenters. The van der Waals surface area contributed by atoms with Crippen molar-refractivity contribution in [2.75, 3.05) is 0 Å². The molecule has 1 aliphatic rings. The molecule has 0 aliphatic heterocycles. The third-order valence-electron chi connectivity index (χ3n) is 6.13. The van der Waals surface area contributed by atoms with Gasteiger partial charge in [0.2, 0.25) is 5.91 Å². The molecule has 1 amide bonds. The maximum absolute atomic E-state index is 13.7. The van der Waals surface area contributed by atoms with Gasteiger partial charge in [0.1, 0.15) is 0 Å². The van der Waals surface area contributed by atoms with Crippen LogP contribution in [0.4, 0.5) is 0 Å². The molecular formula is C26H27NO. The van der Waals surface area contributed by atoms with E-state index in [0.717, 1.165) is 42.4 Å². The number of nitrogens with one attached hydrogen (secondary N) is 1. The van der Waals surface area contributed by atoms with Gasteiger partial charge in [0.25, 0.3) is 0 Å². The zero-order valence-electron chi connectivity index (χ0n) is 16.4. The molecule has 28 heavy (non-hydrogen) atoms. The SMILES string of the molecule is Cc1ccccc1C(NC(=O)C1(c2ccccc2)CCCC1)c1ccccc1. The Hall–Kier alpha value is -2.87. The van der Waals surface area contributed by atoms with Gasteiger partial charge in [-0.15, -0.1) is 0 Å². The normalized spacial score (nSPS) is 16.5. The van der Waals surface area contributed by atoms with Gasteiger partial charge in [-0.3, -0.25) is 4.79 Å². The first kappa shape index (κ1) is 18.5. The van der Waals surface area contributed by atoms with Crippen LogP contribution in [-0.2, 0) is 10.2 Å². The third-order valence-corrected chi connectivity index (χ3v) is 6.13. The second-order valence-electron chi connectivity index (χ2n) is 7.83. The van der Waals surface area contributed by atoms with E-state index in [1.54, 1.807) is 0 Å². The standard InChI is InChI=1S/C26H27NO/c1-20-12-8-9-17-23(20)24(21-13-4-2-5-14-21)27-25(28)26(18-10-11-19-26)22-15-6-3-7-16-22/h2-9,12-17,24H,10-11,18-19H2,1H3,(H,27,28). The van der Waals surface area contributed by atoms with Crippen LogP contribution in [0.2, 0.25) is 0 Å². The van der Waals surface area contributed by atoms with Crippen molar-refractivity contribution in [1.29, 1.82) is 0 Å². The summed E-state index contributed by atoms with van der Waals surface area (Å²) in [5.41, 5.74) is 4.19. The molecule has 3 aromatic rings. The summed E-state index contributed by atoms with van der Waals surface area (Å²) in [5, 5.41) is 3.43. The predicted molar refractivity (Wildman–Crippen MR) is 114 cm³/mol. The van der Waals surface area contributed by atoms with Crippen molar-refractivity contribution < 1.29 is 4.79 Å². The van der Waals surface area contributed by atoms with Gasteiger partial charge in [-0.2, -0.15) is 0 Å². The molecule has 0 bridgehead atoms. The Morgan fingerprint density at radius 2 is 1.39 bits per heavy atom. The number of aryl methyl sites for hydroxylation is 1. The second-order valence-corrected chi connectivity index (χ2v) is 7.83. The van der Waals surface area contributed by atoms with E-state index in [4.69, 9.17) is 0 Å². The minimum Gasteiger partial charge on any atom is -0.344 e. The molecule has 142 valence electrons. The third kappa shape index (κ3) is 3.47. The highest BCUT2D eigenvalue weighted by atomic mass is 16.2. The highest BCUT2D eigenvalue weighted by molar-refractivity contribution is 5.89. The van der Waals surface area contributed by atoms with Crippen molar-refractivity contribution in [2.45, 2.75) is 44.1 Å². The van der Waals surface area contributed by atoms with Crippen LogP contribution in [0, 0.1) is 6.92 Å². The Labute approximate surface area is 167 Å². The van der Waals surface area contributed by atoms with Crippen LogP contribution < -0.4 is 5.32 Å². The molecule has 0 radical (unpaired) electrons. The first-order valence-corrected chi connectivity index (χ1v) is 10.2. The summed E-state index contributed by atoms with van der Waals surface area (Å²) in [6.45, 7) is 2.11. The van der Waals surface area contributed by atoms with Crippen LogP contribution in [0.3, 0.4) is 0 Å². The molecule has 0 saturated heterocycles. The largest absolute Gasteiger partial charge is 0.344 e. The van der Waals surface area contributed by atoms with E-state index >= 15 is 0 Å². The first-order chi connectivity index (χ1) is 13.7. The minimum absolute atomic E-state index is 0.143. The van der Waals surface area contributed by atoms with Gasteiger partial charge < -0.3 is 5.32 Å². The lowest BCUT2D eigenvalue weighted by Gasteiger charge is -2.32. The van der Waals surface area contributed by atoms with Crippen molar-refractivity contribution in [3.8, 4) is 0 Å². The number of amides is 1. The minimum atomic E-state index is -0.420. The average Bonchev–Trinajstić information content (AvgIpc) is 3.25. The van der Waals surface area contributed by atoms with Gasteiger partial charge in [0, 0.05) is 0 Å². The first-order valence-electron chi connectivity index (χ1n) is 10.2. The number of rotatable bonds is 5. The van der Waals surface area contributed by atoms with Crippen LogP contribution in [0.5, 0.6) is 0 Å². The summed E-state index contributed by atoms with van der Waals surface area (Å²) in [6.07, 6.45) is 4.03. The molecule has 2 nitrogen and oxygen atoms in total. The Kier molecular flexibility index (Phi) is 5.29. The molecule has 1 N–H and O–H groups in total. The summed E-state index contributed by atoms with van der Waals surface area (Å²) in [6, 6.07) is 28.8. The van der Waals surface area contributed by atoms with Crippen LogP contribution in [0.15, 0.2) is 84.9 Å². The quantitative estimate of drug-likeness (QED) is 0.613. The van der Waals surface area contributed by atoms with Gasteiger partial charge >= 0.3 is 0 Å². The number of hydrogen-bond acceptors (Lipinski definition) is 1. The lowest BCUT2D eigenvalue weighted by molar-refractivity contribution is -0.127. The summed E-state index contributed by atoms with van der Waals surface area (Å²) in [7, 11) is 0. The van der Waals surface area contributed by atoms with Crippen LogP contribution in [0.25, 0.3) is 0 Å². The van der Waals surface area contributed by atoms with Crippen LogP contribution in [0.1, 0.15) is 54.0 Å². The molecule has 0 heterocycles. The summed E-state index contributed by atoms with van der Waals surface area (Å²) in [4.78, 5) is 13.7. The van der Waals surface area contributed by atoms with Crippen molar-refractivity contribution >= 4 is 5.91 Å². The van der Waals surface area contributed by atoms with Gasteiger partial charge in [-0.05, 0) is 42.0 Å². The number of carbonyl (C=O) groups excluding carboxylic acids is 1. The molecule has 1 aliphatic carbocycles. The fourth-order valence-corrected chi connectivity index (χ4v) is 4.55. The van der Waals surface area contributed by atoms with E-state index in [9.17, 15) is 4.79 Å². The van der Waals surface area contributed by atoms with Gasteiger partial charge in [-0.1, -0.05) is 97.8 Å². The van der Waals surface area contributed by atoms with Crippen molar-refractivity contribution in [3.05, 3.63) is 107 Å². The van der Waals surface area contributed by atoms with Crippen molar-refractivity contribution in [3.63, 3.8) is 0 Å². The number of hydrogen-bond donors (Lipinski definition) is 1. The van der Waals surface area contributed by atoms with E-state index in [0.29, 0.717) is 0 Å². The average molecular weight is 370 g/mol. The molecule has 2 heteroatoms. The summed E-state index contributed by atoms with van der Waals surface area (Å²) in [5.74, 6) is 0.147. The van der Waals surface area contributed by atoms with E-state index in [1.807, 2.05) is 48.5 Å². The second kappa shape index (κ2) is 8.02. The molecule has 0 aromatic heterocycles. The Morgan fingerprint density at radius 1 is 0.821 bits per heavy atom. The topological polar surface area (TPSA) is 29.1 Å². The highest BCUT2D eigenvalue weighted by Crippen LogP contribution is 2.42. The van der Waals surface area contributed by atoms with E-state index in [-0.39, 0.29) is 11.9 Å². The van der Waals surface area contributed by atoms with E-state index in [1.165, 1.54) is 5.56 Å². The maximum Gasteiger partial charge on any atom is 0.231 e. The van der Waals surface area contributed by atoms with Crippen molar-refractivity contribution in [2.24, 2.45) is 0 Å². The Bertz CT molecular complexity index is 927.